The molecule has 2 aromatic rings. The van der Waals surface area contributed by atoms with Crippen LogP contribution >= 0.6 is 35.0 Å². The van der Waals surface area contributed by atoms with E-state index in [1.165, 1.54) is 32.4 Å². The van der Waals surface area contributed by atoms with Crippen molar-refractivity contribution >= 4 is 59.7 Å². The highest BCUT2D eigenvalue weighted by molar-refractivity contribution is 8.02. The number of hydrogen-bond donors (Lipinski definition) is 1. The minimum Gasteiger partial charge on any atom is -0.361 e. The van der Waals surface area contributed by atoms with Gasteiger partial charge in [-0.3, -0.25) is 19.0 Å². The summed E-state index contributed by atoms with van der Waals surface area (Å²) in [5.74, 6) is 1.60. The van der Waals surface area contributed by atoms with Crippen LogP contribution in [0.3, 0.4) is 0 Å². The number of thioether (sulfide) groups is 1. The van der Waals surface area contributed by atoms with Crippen molar-refractivity contribution in [3.05, 3.63) is 44.9 Å². The summed E-state index contributed by atoms with van der Waals surface area (Å²) in [6.45, 7) is 14.3. The van der Waals surface area contributed by atoms with Crippen molar-refractivity contribution in [2.24, 2.45) is 4.99 Å². The minimum atomic E-state index is 0.518. The number of hydrogen-bond acceptors (Lipinski definition) is 10. The van der Waals surface area contributed by atoms with Gasteiger partial charge in [0, 0.05) is 50.5 Å². The molecule has 0 aromatic carbocycles. The summed E-state index contributed by atoms with van der Waals surface area (Å²) in [6.07, 6.45) is 8.88. The molecule has 4 aliphatic rings. The van der Waals surface area contributed by atoms with Gasteiger partial charge in [-0.25, -0.2) is 9.97 Å². The van der Waals surface area contributed by atoms with E-state index in [2.05, 4.69) is 42.5 Å². The van der Waals surface area contributed by atoms with Crippen LogP contribution in [0.5, 0.6) is 0 Å². The van der Waals surface area contributed by atoms with Crippen molar-refractivity contribution in [3.63, 3.8) is 0 Å². The van der Waals surface area contributed by atoms with Gasteiger partial charge in [0.05, 0.1) is 27.2 Å². The number of nitrogens with one attached hydrogen (secondary N) is 1. The Morgan fingerprint density at radius 3 is 2.50 bits per heavy atom. The Hall–Kier alpha value is -1.92. The predicted molar refractivity (Wildman–Crippen MR) is 164 cm³/mol. The average Bonchev–Trinajstić information content (AvgIpc) is 3.27. The lowest BCUT2D eigenvalue weighted by Crippen LogP contribution is -2.69. The molecule has 8 nitrogen and oxygen atoms in total. The summed E-state index contributed by atoms with van der Waals surface area (Å²) in [6, 6.07) is 5.81. The van der Waals surface area contributed by atoms with Crippen LogP contribution in [0.25, 0.3) is 5.70 Å². The van der Waals surface area contributed by atoms with Gasteiger partial charge in [0.25, 0.3) is 0 Å². The van der Waals surface area contributed by atoms with E-state index >= 15 is 0 Å². The van der Waals surface area contributed by atoms with Gasteiger partial charge in [0.15, 0.2) is 0 Å². The fourth-order valence-electron chi connectivity index (χ4n) is 5.27. The maximum Gasteiger partial charge on any atom is 0.210 e. The molecule has 38 heavy (non-hydrogen) atoms. The number of nitrogens with zero attached hydrogens (tertiary/aromatic N) is 6. The number of pyridine rings is 1. The lowest BCUT2D eigenvalue weighted by Gasteiger charge is -2.57. The molecule has 2 aromatic heterocycles. The molecule has 1 N–H and O–H groups in total. The Kier molecular flexibility index (Phi) is 10.7. The van der Waals surface area contributed by atoms with E-state index in [-0.39, 0.29) is 0 Å². The highest BCUT2D eigenvalue weighted by Crippen LogP contribution is 2.33. The third-order valence-electron chi connectivity index (χ3n) is 7.35. The summed E-state index contributed by atoms with van der Waals surface area (Å²) in [5.41, 5.74) is 3.04. The van der Waals surface area contributed by atoms with Gasteiger partial charge in [0.1, 0.15) is 5.82 Å². The van der Waals surface area contributed by atoms with Gasteiger partial charge >= 0.3 is 0 Å². The lowest BCUT2D eigenvalue weighted by molar-refractivity contribution is -0.142. The lowest BCUT2D eigenvalue weighted by atomic mass is 9.86. The van der Waals surface area contributed by atoms with Gasteiger partial charge in [0.2, 0.25) is 6.41 Å². The number of aryl methyl sites for hydroxylation is 3. The van der Waals surface area contributed by atoms with Crippen LogP contribution < -0.4 is 5.32 Å². The molecule has 4 fully saturated rings. The molecule has 6 rings (SSSR count). The maximum atomic E-state index is 10.9. The number of carbonyl (C=O) groups is 1. The van der Waals surface area contributed by atoms with Gasteiger partial charge in [-0.2, -0.15) is 0 Å². The summed E-state index contributed by atoms with van der Waals surface area (Å²) in [7, 11) is 0. The van der Waals surface area contributed by atoms with Crippen molar-refractivity contribution in [1.29, 1.82) is 0 Å². The van der Waals surface area contributed by atoms with Crippen LogP contribution in [-0.2, 0) is 4.79 Å². The van der Waals surface area contributed by atoms with E-state index < -0.39 is 0 Å². The number of fused-ring (bicyclic) bond motifs is 2. The first-order valence-corrected chi connectivity index (χ1v) is 16.1. The number of thiazole rings is 1. The molecule has 0 aliphatic carbocycles. The third kappa shape index (κ3) is 7.38. The number of rotatable bonds is 9. The first-order chi connectivity index (χ1) is 18.4. The van der Waals surface area contributed by atoms with E-state index in [4.69, 9.17) is 0 Å². The van der Waals surface area contributed by atoms with Gasteiger partial charge in [-0.15, -0.1) is 23.1 Å². The summed E-state index contributed by atoms with van der Waals surface area (Å²) < 4.78 is 2.46. The smallest absolute Gasteiger partial charge is 0.210 e. The Morgan fingerprint density at radius 2 is 1.95 bits per heavy atom. The minimum absolute atomic E-state index is 0.518. The largest absolute Gasteiger partial charge is 0.361 e. The molecule has 0 saturated carbocycles. The molecule has 0 unspecified atom stereocenters. The second-order valence-electron chi connectivity index (χ2n) is 9.91. The van der Waals surface area contributed by atoms with Gasteiger partial charge in [-0.05, 0) is 70.0 Å². The normalized spacial score (nSPS) is 22.3. The number of aliphatic imine (C=N–C) groups is 1. The van der Waals surface area contributed by atoms with Gasteiger partial charge < -0.3 is 10.2 Å². The molecule has 1 amide bonds. The second-order valence-corrected chi connectivity index (χ2v) is 12.9. The molecule has 2 atom stereocenters. The second kappa shape index (κ2) is 13.9. The zero-order chi connectivity index (χ0) is 27.1. The molecule has 206 valence electrons. The average molecular weight is 574 g/mol. The zero-order valence-electron chi connectivity index (χ0n) is 22.8. The maximum absolute atomic E-state index is 10.9. The van der Waals surface area contributed by atoms with Crippen LogP contribution in [0.1, 0.15) is 40.4 Å². The Morgan fingerprint density at radius 1 is 1.21 bits per heavy atom. The van der Waals surface area contributed by atoms with E-state index in [0.717, 1.165) is 64.1 Å². The van der Waals surface area contributed by atoms with E-state index in [0.29, 0.717) is 12.1 Å². The summed E-state index contributed by atoms with van der Waals surface area (Å²) in [5, 5.41) is 6.31. The Balaban J connectivity index is 0.000000180. The standard InChI is InChI=1S/C15H18N4S2.C12H21N3OS/c1-10-5-6-14(17-7-10)18-9-20-8-13(16-4)15-11(2)19-12(3)21-15;1-17-14-4-2-10(3-5-14)13-7-11-6-12(8-13)15(11)9-16/h5-8H,4,9H2,1-3H3,(H,17,18);9-12H,2-8H2,1H3/b13-8-;/t;11-,12+. The molecule has 11 heteroatoms. The first-order valence-electron chi connectivity index (χ1n) is 13.1. The molecular weight excluding hydrogens is 535 g/mol. The molecule has 6 heterocycles. The molecule has 0 spiro atoms. The third-order valence-corrected chi connectivity index (χ3v) is 10.0. The first kappa shape index (κ1) is 29.1. The van der Waals surface area contributed by atoms with Gasteiger partial charge in [-0.1, -0.05) is 18.0 Å². The monoisotopic (exact) mass is 573 g/mol. The number of carbonyl (C=O) groups excluding carboxylic acids is 1. The van der Waals surface area contributed by atoms with E-state index in [1.807, 2.05) is 61.4 Å². The highest BCUT2D eigenvalue weighted by atomic mass is 32.2. The number of piperidine rings is 2. The van der Waals surface area contributed by atoms with Crippen molar-refractivity contribution in [3.8, 4) is 0 Å². The van der Waals surface area contributed by atoms with Crippen molar-refractivity contribution in [2.75, 3.05) is 43.6 Å². The molecule has 2 bridgehead atoms. The Labute approximate surface area is 239 Å². The number of piperazine rings is 1. The summed E-state index contributed by atoms with van der Waals surface area (Å²) >= 11 is 5.14. The van der Waals surface area contributed by atoms with Crippen molar-refractivity contribution in [2.45, 2.75) is 58.2 Å². The van der Waals surface area contributed by atoms with Crippen LogP contribution in [0.2, 0.25) is 0 Å². The summed E-state index contributed by atoms with van der Waals surface area (Å²) in [4.78, 5) is 29.4. The van der Waals surface area contributed by atoms with E-state index in [9.17, 15) is 4.79 Å². The molecular formula is C27H39N7OS3. The quantitative estimate of drug-likeness (QED) is 0.149. The van der Waals surface area contributed by atoms with Crippen LogP contribution in [0.4, 0.5) is 5.82 Å². The highest BCUT2D eigenvalue weighted by Gasteiger charge is 2.45. The topological polar surface area (TPSA) is 77.0 Å². The van der Waals surface area contributed by atoms with Crippen molar-refractivity contribution in [1.82, 2.24) is 24.1 Å². The number of amides is 1. The number of aromatic nitrogens is 2. The molecule has 4 aliphatic heterocycles. The van der Waals surface area contributed by atoms with E-state index in [1.54, 1.807) is 23.1 Å². The zero-order valence-corrected chi connectivity index (χ0v) is 25.2. The molecule has 4 saturated heterocycles. The van der Waals surface area contributed by atoms with Crippen LogP contribution in [-0.4, -0.2) is 93.6 Å². The fourth-order valence-corrected chi connectivity index (χ4v) is 7.49. The van der Waals surface area contributed by atoms with Crippen molar-refractivity contribution < 1.29 is 4.79 Å². The van der Waals surface area contributed by atoms with Crippen LogP contribution in [0, 0.1) is 20.8 Å². The number of anilines is 1. The van der Waals surface area contributed by atoms with Crippen LogP contribution in [0.15, 0.2) is 28.7 Å². The molecule has 0 radical (unpaired) electrons. The Bertz CT molecular complexity index is 1090. The fraction of sp³-hybridized carbons (Fsp3) is 0.556. The SMILES string of the molecule is C=N/C(=C\SCNc1ccc(C)cn1)c1sc(C)nc1C.CSN1CCC(N2C[C@H]3C[C@@H](C2)N3C=O)CC1. The predicted octanol–water partition coefficient (Wildman–Crippen LogP) is 4.91.